The molecule has 0 rings (SSSR count). The Bertz CT molecular complexity index is 180. The Morgan fingerprint density at radius 3 is 2.33 bits per heavy atom. The van der Waals surface area contributed by atoms with Crippen LogP contribution in [0.4, 0.5) is 0 Å². The molecular formula is C12H26N2S. The highest BCUT2D eigenvalue weighted by molar-refractivity contribution is 7.80. The summed E-state index contributed by atoms with van der Waals surface area (Å²) in [6, 6.07) is 0.582. The van der Waals surface area contributed by atoms with Crippen LogP contribution < -0.4 is 5.73 Å². The average Bonchev–Trinajstić information content (AvgIpc) is 2.11. The molecule has 0 spiro atoms. The van der Waals surface area contributed by atoms with E-state index in [9.17, 15) is 0 Å². The van der Waals surface area contributed by atoms with E-state index in [4.69, 9.17) is 18.0 Å². The molecule has 2 N–H and O–H groups in total. The van der Waals surface area contributed by atoms with Gasteiger partial charge < -0.3 is 10.6 Å². The van der Waals surface area contributed by atoms with Crippen LogP contribution in [0, 0.1) is 5.92 Å². The summed E-state index contributed by atoms with van der Waals surface area (Å²) in [5.41, 5.74) is 5.54. The van der Waals surface area contributed by atoms with Crippen molar-refractivity contribution >= 4 is 17.2 Å². The predicted molar refractivity (Wildman–Crippen MR) is 72.2 cm³/mol. The quantitative estimate of drug-likeness (QED) is 0.650. The van der Waals surface area contributed by atoms with E-state index < -0.39 is 0 Å². The van der Waals surface area contributed by atoms with Crippen LogP contribution in [0.2, 0.25) is 0 Å². The van der Waals surface area contributed by atoms with Crippen LogP contribution in [0.3, 0.4) is 0 Å². The maximum absolute atomic E-state index is 5.54. The molecule has 0 bridgehead atoms. The number of rotatable bonds is 8. The SMILES string of the molecule is CCCC(C)CN(CCC(N)=S)C(C)C. The number of thiocarbonyl (C=S) groups is 1. The number of hydrogen-bond donors (Lipinski definition) is 1. The lowest BCUT2D eigenvalue weighted by atomic mass is 10.0. The van der Waals surface area contributed by atoms with Gasteiger partial charge in [0.15, 0.2) is 0 Å². The second-order valence-electron chi connectivity index (χ2n) is 4.70. The first-order valence-corrected chi connectivity index (χ1v) is 6.40. The number of nitrogens with two attached hydrogens (primary N) is 1. The van der Waals surface area contributed by atoms with Crippen molar-refractivity contribution in [1.82, 2.24) is 4.90 Å². The minimum atomic E-state index is 0.582. The molecule has 0 aromatic carbocycles. The Morgan fingerprint density at radius 1 is 1.33 bits per heavy atom. The molecule has 0 aromatic rings. The third kappa shape index (κ3) is 7.74. The van der Waals surface area contributed by atoms with Gasteiger partial charge in [-0.1, -0.05) is 32.5 Å². The van der Waals surface area contributed by atoms with Gasteiger partial charge in [-0.3, -0.25) is 0 Å². The van der Waals surface area contributed by atoms with Crippen molar-refractivity contribution in [3.63, 3.8) is 0 Å². The Labute approximate surface area is 100 Å². The van der Waals surface area contributed by atoms with Crippen LogP contribution in [-0.4, -0.2) is 29.0 Å². The summed E-state index contributed by atoms with van der Waals surface area (Å²) < 4.78 is 0. The molecular weight excluding hydrogens is 204 g/mol. The zero-order chi connectivity index (χ0) is 11.8. The fourth-order valence-electron chi connectivity index (χ4n) is 1.80. The second-order valence-corrected chi connectivity index (χ2v) is 5.22. The van der Waals surface area contributed by atoms with Crippen LogP contribution in [-0.2, 0) is 0 Å². The third-order valence-electron chi connectivity index (χ3n) is 2.70. The van der Waals surface area contributed by atoms with Crippen molar-refractivity contribution in [2.24, 2.45) is 11.7 Å². The van der Waals surface area contributed by atoms with Crippen LogP contribution in [0.25, 0.3) is 0 Å². The standard InChI is InChI=1S/C12H26N2S/c1-5-6-11(4)9-14(10(2)3)8-7-12(13)15/h10-11H,5-9H2,1-4H3,(H2,13,15). The molecule has 90 valence electrons. The fraction of sp³-hybridized carbons (Fsp3) is 0.917. The zero-order valence-corrected chi connectivity index (χ0v) is 11.4. The third-order valence-corrected chi connectivity index (χ3v) is 2.91. The molecule has 1 atom stereocenters. The summed E-state index contributed by atoms with van der Waals surface area (Å²) in [4.78, 5) is 3.10. The predicted octanol–water partition coefficient (Wildman–Crippen LogP) is 2.81. The topological polar surface area (TPSA) is 29.3 Å². The molecule has 0 aliphatic carbocycles. The molecule has 2 nitrogen and oxygen atoms in total. The molecule has 0 saturated heterocycles. The van der Waals surface area contributed by atoms with Crippen molar-refractivity contribution in [2.75, 3.05) is 13.1 Å². The zero-order valence-electron chi connectivity index (χ0n) is 10.6. The molecule has 15 heavy (non-hydrogen) atoms. The highest BCUT2D eigenvalue weighted by atomic mass is 32.1. The molecule has 0 heterocycles. The van der Waals surface area contributed by atoms with E-state index in [2.05, 4.69) is 32.6 Å². The van der Waals surface area contributed by atoms with Crippen molar-refractivity contribution in [1.29, 1.82) is 0 Å². The highest BCUT2D eigenvalue weighted by Gasteiger charge is 2.12. The Hall–Kier alpha value is -0.150. The minimum Gasteiger partial charge on any atom is -0.393 e. The molecule has 0 radical (unpaired) electrons. The smallest absolute Gasteiger partial charge is 0.0740 e. The lowest BCUT2D eigenvalue weighted by Crippen LogP contribution is -2.36. The molecule has 0 saturated carbocycles. The van der Waals surface area contributed by atoms with Crippen molar-refractivity contribution < 1.29 is 0 Å². The fourth-order valence-corrected chi connectivity index (χ4v) is 1.89. The van der Waals surface area contributed by atoms with Crippen LogP contribution in [0.5, 0.6) is 0 Å². The van der Waals surface area contributed by atoms with Crippen molar-refractivity contribution in [3.05, 3.63) is 0 Å². The van der Waals surface area contributed by atoms with Gasteiger partial charge in [-0.2, -0.15) is 0 Å². The van der Waals surface area contributed by atoms with E-state index in [1.54, 1.807) is 0 Å². The maximum Gasteiger partial charge on any atom is 0.0740 e. The van der Waals surface area contributed by atoms with Crippen LogP contribution in [0.15, 0.2) is 0 Å². The minimum absolute atomic E-state index is 0.582. The Balaban J connectivity index is 3.98. The monoisotopic (exact) mass is 230 g/mol. The highest BCUT2D eigenvalue weighted by Crippen LogP contribution is 2.10. The van der Waals surface area contributed by atoms with Crippen LogP contribution in [0.1, 0.15) is 47.0 Å². The molecule has 0 aliphatic rings. The molecule has 3 heteroatoms. The van der Waals surface area contributed by atoms with E-state index in [1.165, 1.54) is 12.8 Å². The first kappa shape index (κ1) is 14.8. The first-order valence-electron chi connectivity index (χ1n) is 5.99. The van der Waals surface area contributed by atoms with E-state index in [-0.39, 0.29) is 0 Å². The van der Waals surface area contributed by atoms with Crippen molar-refractivity contribution in [2.45, 2.75) is 53.0 Å². The molecule has 0 aromatic heterocycles. The molecule has 0 amide bonds. The average molecular weight is 230 g/mol. The van der Waals surface area contributed by atoms with Crippen LogP contribution >= 0.6 is 12.2 Å². The molecule has 0 fully saturated rings. The summed E-state index contributed by atoms with van der Waals surface area (Å²) in [7, 11) is 0. The van der Waals surface area contributed by atoms with Gasteiger partial charge in [0.1, 0.15) is 0 Å². The maximum atomic E-state index is 5.54. The summed E-state index contributed by atoms with van der Waals surface area (Å²) in [5.74, 6) is 0.767. The summed E-state index contributed by atoms with van der Waals surface area (Å²) in [6.45, 7) is 11.2. The lowest BCUT2D eigenvalue weighted by molar-refractivity contribution is 0.193. The van der Waals surface area contributed by atoms with Gasteiger partial charge >= 0.3 is 0 Å². The number of nitrogens with zero attached hydrogens (tertiary/aromatic N) is 1. The lowest BCUT2D eigenvalue weighted by Gasteiger charge is -2.29. The van der Waals surface area contributed by atoms with Gasteiger partial charge in [0.25, 0.3) is 0 Å². The van der Waals surface area contributed by atoms with E-state index in [0.717, 1.165) is 25.4 Å². The van der Waals surface area contributed by atoms with Gasteiger partial charge in [-0.05, 0) is 26.2 Å². The van der Waals surface area contributed by atoms with E-state index in [1.807, 2.05) is 0 Å². The Kier molecular flexibility index (Phi) is 7.97. The molecule has 0 aliphatic heterocycles. The second kappa shape index (κ2) is 8.05. The first-order chi connectivity index (χ1) is 6.97. The summed E-state index contributed by atoms with van der Waals surface area (Å²) in [6.07, 6.45) is 3.41. The van der Waals surface area contributed by atoms with Crippen molar-refractivity contribution in [3.8, 4) is 0 Å². The van der Waals surface area contributed by atoms with E-state index >= 15 is 0 Å². The van der Waals surface area contributed by atoms with Gasteiger partial charge in [0.2, 0.25) is 0 Å². The largest absolute Gasteiger partial charge is 0.393 e. The van der Waals surface area contributed by atoms with Gasteiger partial charge in [0.05, 0.1) is 4.99 Å². The summed E-state index contributed by atoms with van der Waals surface area (Å²) >= 11 is 4.92. The van der Waals surface area contributed by atoms with E-state index in [0.29, 0.717) is 11.0 Å². The normalized spacial score (nSPS) is 13.5. The summed E-state index contributed by atoms with van der Waals surface area (Å²) in [5, 5.41) is 0. The van der Waals surface area contributed by atoms with Gasteiger partial charge in [-0.15, -0.1) is 0 Å². The molecule has 1 unspecified atom stereocenters. The number of hydrogen-bond acceptors (Lipinski definition) is 2. The van der Waals surface area contributed by atoms with Gasteiger partial charge in [-0.25, -0.2) is 0 Å². The Morgan fingerprint density at radius 2 is 1.93 bits per heavy atom. The van der Waals surface area contributed by atoms with Gasteiger partial charge in [0, 0.05) is 25.6 Å².